The van der Waals surface area contributed by atoms with Crippen LogP contribution in [0.1, 0.15) is 12.8 Å². The minimum absolute atomic E-state index is 0.247. The highest BCUT2D eigenvalue weighted by Crippen LogP contribution is 2.29. The smallest absolute Gasteiger partial charge is 0.371 e. The first-order valence-electron chi connectivity index (χ1n) is 6.42. The minimum Gasteiger partial charge on any atom is -0.371 e. The Bertz CT molecular complexity index is 545. The highest BCUT2D eigenvalue weighted by Gasteiger charge is 2.38. The second kappa shape index (κ2) is 6.05. The van der Waals surface area contributed by atoms with Gasteiger partial charge in [0.1, 0.15) is 0 Å². The molecule has 0 saturated carbocycles. The maximum Gasteiger partial charge on any atom is 0.475 e. The molecule has 0 aromatic heterocycles. The monoisotopic (exact) mass is 320 g/mol. The number of rotatable bonds is 3. The SMILES string of the molecule is NC(=O)[C@H]1CCCN(c2ccc([S@@](=O)C(F)(F)F)cc2)C1. The summed E-state index contributed by atoms with van der Waals surface area (Å²) in [5.41, 5.74) is 1.23. The van der Waals surface area contributed by atoms with E-state index >= 15 is 0 Å². The van der Waals surface area contributed by atoms with Crippen LogP contribution in [0.15, 0.2) is 29.2 Å². The van der Waals surface area contributed by atoms with Crippen LogP contribution in [0.5, 0.6) is 0 Å². The van der Waals surface area contributed by atoms with E-state index in [1.54, 1.807) is 0 Å². The van der Waals surface area contributed by atoms with E-state index in [1.165, 1.54) is 24.3 Å². The van der Waals surface area contributed by atoms with Gasteiger partial charge in [0.2, 0.25) is 5.91 Å². The summed E-state index contributed by atoms with van der Waals surface area (Å²) in [6.07, 6.45) is 1.52. The van der Waals surface area contributed by atoms with Crippen LogP contribution in [-0.4, -0.2) is 28.7 Å². The molecule has 0 unspecified atom stereocenters. The Morgan fingerprint density at radius 1 is 1.29 bits per heavy atom. The number of benzene rings is 1. The van der Waals surface area contributed by atoms with Gasteiger partial charge in [0.15, 0.2) is 10.8 Å². The highest BCUT2D eigenvalue weighted by molar-refractivity contribution is 7.86. The number of alkyl halides is 3. The number of halogens is 3. The van der Waals surface area contributed by atoms with Crippen LogP contribution in [-0.2, 0) is 15.6 Å². The fraction of sp³-hybridized carbons (Fsp3) is 0.462. The molecular weight excluding hydrogens is 305 g/mol. The Morgan fingerprint density at radius 3 is 2.43 bits per heavy atom. The normalized spacial score (nSPS) is 21.1. The summed E-state index contributed by atoms with van der Waals surface area (Å²) < 4.78 is 48.3. The van der Waals surface area contributed by atoms with Crippen molar-refractivity contribution in [1.82, 2.24) is 0 Å². The molecule has 1 heterocycles. The van der Waals surface area contributed by atoms with Gasteiger partial charge in [0.05, 0.1) is 5.92 Å². The van der Waals surface area contributed by atoms with Crippen LogP contribution in [0.2, 0.25) is 0 Å². The van der Waals surface area contributed by atoms with Gasteiger partial charge in [-0.1, -0.05) is 0 Å². The first-order chi connectivity index (χ1) is 9.79. The fourth-order valence-corrected chi connectivity index (χ4v) is 3.01. The lowest BCUT2D eigenvalue weighted by molar-refractivity contribution is -0.122. The second-order valence-electron chi connectivity index (χ2n) is 4.90. The number of hydrogen-bond acceptors (Lipinski definition) is 3. The van der Waals surface area contributed by atoms with E-state index in [2.05, 4.69) is 0 Å². The summed E-state index contributed by atoms with van der Waals surface area (Å²) >= 11 is 0. The van der Waals surface area contributed by atoms with E-state index in [4.69, 9.17) is 5.73 Å². The molecule has 0 spiro atoms. The number of nitrogens with zero attached hydrogens (tertiary/aromatic N) is 1. The van der Waals surface area contributed by atoms with Gasteiger partial charge < -0.3 is 10.6 Å². The van der Waals surface area contributed by atoms with Crippen LogP contribution < -0.4 is 10.6 Å². The Kier molecular flexibility index (Phi) is 4.55. The first kappa shape index (κ1) is 15.8. The number of primary amides is 1. The number of anilines is 1. The van der Waals surface area contributed by atoms with Gasteiger partial charge in [-0.05, 0) is 37.1 Å². The molecule has 4 nitrogen and oxygen atoms in total. The van der Waals surface area contributed by atoms with Crippen molar-refractivity contribution in [1.29, 1.82) is 0 Å². The molecule has 0 bridgehead atoms. The van der Waals surface area contributed by atoms with Gasteiger partial charge in [-0.15, -0.1) is 0 Å². The number of amides is 1. The lowest BCUT2D eigenvalue weighted by atomic mass is 9.97. The van der Waals surface area contributed by atoms with E-state index in [-0.39, 0.29) is 16.7 Å². The summed E-state index contributed by atoms with van der Waals surface area (Å²) in [4.78, 5) is 12.8. The zero-order valence-electron chi connectivity index (χ0n) is 11.1. The van der Waals surface area contributed by atoms with E-state index in [9.17, 15) is 22.2 Å². The van der Waals surface area contributed by atoms with Crippen molar-refractivity contribution >= 4 is 22.4 Å². The predicted octanol–water partition coefficient (Wildman–Crippen LogP) is 2.02. The molecule has 1 aliphatic rings. The maximum atomic E-state index is 12.4. The topological polar surface area (TPSA) is 63.4 Å². The Balaban J connectivity index is 2.12. The molecule has 2 N–H and O–H groups in total. The largest absolute Gasteiger partial charge is 0.475 e. The number of carbonyl (C=O) groups excluding carboxylic acids is 1. The zero-order valence-corrected chi connectivity index (χ0v) is 11.9. The van der Waals surface area contributed by atoms with Gasteiger partial charge >= 0.3 is 5.51 Å². The van der Waals surface area contributed by atoms with Crippen molar-refractivity contribution in [2.24, 2.45) is 11.7 Å². The van der Waals surface area contributed by atoms with Crippen LogP contribution >= 0.6 is 0 Å². The number of carbonyl (C=O) groups is 1. The molecule has 116 valence electrons. The molecule has 2 rings (SSSR count). The lowest BCUT2D eigenvalue weighted by Crippen LogP contribution is -2.41. The maximum absolute atomic E-state index is 12.4. The molecule has 1 fully saturated rings. The van der Waals surface area contributed by atoms with Crippen LogP contribution in [0.3, 0.4) is 0 Å². The number of piperidine rings is 1. The molecule has 1 aromatic rings. The highest BCUT2D eigenvalue weighted by atomic mass is 32.2. The quantitative estimate of drug-likeness (QED) is 0.927. The number of nitrogens with two attached hydrogens (primary N) is 1. The van der Waals surface area contributed by atoms with E-state index in [0.29, 0.717) is 18.8 Å². The molecule has 0 radical (unpaired) electrons. The molecule has 0 aliphatic carbocycles. The number of hydrogen-bond donors (Lipinski definition) is 1. The van der Waals surface area contributed by atoms with Gasteiger partial charge in [0, 0.05) is 23.7 Å². The van der Waals surface area contributed by atoms with Crippen LogP contribution in [0.4, 0.5) is 18.9 Å². The predicted molar refractivity (Wildman–Crippen MR) is 73.0 cm³/mol. The molecule has 21 heavy (non-hydrogen) atoms. The van der Waals surface area contributed by atoms with Crippen molar-refractivity contribution in [3.05, 3.63) is 24.3 Å². The fourth-order valence-electron chi connectivity index (χ4n) is 2.36. The summed E-state index contributed by atoms with van der Waals surface area (Å²) in [7, 11) is -3.02. The van der Waals surface area contributed by atoms with E-state index in [0.717, 1.165) is 12.8 Å². The third kappa shape index (κ3) is 3.75. The summed E-state index contributed by atoms with van der Waals surface area (Å²) in [5.74, 6) is -0.614. The van der Waals surface area contributed by atoms with E-state index < -0.39 is 16.3 Å². The van der Waals surface area contributed by atoms with Crippen molar-refractivity contribution < 1.29 is 22.2 Å². The molecule has 1 aromatic carbocycles. The third-order valence-electron chi connectivity index (χ3n) is 3.45. The molecule has 1 amide bonds. The van der Waals surface area contributed by atoms with Crippen LogP contribution in [0, 0.1) is 5.92 Å². The third-order valence-corrected chi connectivity index (χ3v) is 4.57. The zero-order chi connectivity index (χ0) is 15.6. The average Bonchev–Trinajstić information content (AvgIpc) is 2.46. The summed E-state index contributed by atoms with van der Waals surface area (Å²) in [6, 6.07) is 5.38. The van der Waals surface area contributed by atoms with E-state index in [1.807, 2.05) is 4.90 Å². The van der Waals surface area contributed by atoms with Crippen molar-refractivity contribution in [2.75, 3.05) is 18.0 Å². The summed E-state index contributed by atoms with van der Waals surface area (Å²) in [6.45, 7) is 1.17. The Labute approximate surface area is 122 Å². The van der Waals surface area contributed by atoms with Crippen molar-refractivity contribution in [2.45, 2.75) is 23.2 Å². The lowest BCUT2D eigenvalue weighted by Gasteiger charge is -2.33. The Hall–Kier alpha value is -1.57. The molecule has 1 aliphatic heterocycles. The first-order valence-corrected chi connectivity index (χ1v) is 7.57. The second-order valence-corrected chi connectivity index (χ2v) is 6.37. The standard InChI is InChI=1S/C13H15F3N2O2S/c14-13(15,16)21(20)11-5-3-10(4-6-11)18-7-1-2-9(8-18)12(17)19/h3-6,9H,1-2,7-8H2,(H2,17,19)/t9-,21+/m0/s1. The molecule has 2 atom stereocenters. The minimum atomic E-state index is -4.76. The van der Waals surface area contributed by atoms with Gasteiger partial charge in [-0.2, -0.15) is 13.2 Å². The molecule has 8 heteroatoms. The summed E-state index contributed by atoms with van der Waals surface area (Å²) in [5, 5.41) is 0. The van der Waals surface area contributed by atoms with Gasteiger partial charge in [-0.3, -0.25) is 4.79 Å². The average molecular weight is 320 g/mol. The van der Waals surface area contributed by atoms with Crippen LogP contribution in [0.25, 0.3) is 0 Å². The van der Waals surface area contributed by atoms with Crippen molar-refractivity contribution in [3.8, 4) is 0 Å². The Morgan fingerprint density at radius 2 is 1.90 bits per heavy atom. The van der Waals surface area contributed by atoms with Crippen molar-refractivity contribution in [3.63, 3.8) is 0 Å². The van der Waals surface area contributed by atoms with Gasteiger partial charge in [-0.25, -0.2) is 4.21 Å². The molecular formula is C13H15F3N2O2S. The van der Waals surface area contributed by atoms with Gasteiger partial charge in [0.25, 0.3) is 0 Å². The molecule has 1 saturated heterocycles.